The van der Waals surface area contributed by atoms with Gasteiger partial charge in [-0.1, -0.05) is 60.7 Å². The molecule has 186 valence electrons. The van der Waals surface area contributed by atoms with Crippen LogP contribution < -0.4 is 14.2 Å². The quantitative estimate of drug-likeness (QED) is 0.255. The van der Waals surface area contributed by atoms with E-state index in [1.807, 2.05) is 0 Å². The van der Waals surface area contributed by atoms with E-state index in [1.54, 1.807) is 38.5 Å². The minimum absolute atomic E-state index is 0.123. The molecule has 0 N–H and O–H groups in total. The second-order valence-corrected chi connectivity index (χ2v) is 8.69. The molecule has 1 heterocycles. The van der Waals surface area contributed by atoms with Crippen LogP contribution in [0, 0.1) is 0 Å². The maximum Gasteiger partial charge on any atom is 0.150 e. The molecule has 0 unspecified atom stereocenters. The zero-order valence-corrected chi connectivity index (χ0v) is 20.8. The number of ether oxygens (including phenoxy) is 4. The lowest BCUT2D eigenvalue weighted by atomic mass is 9.92. The van der Waals surface area contributed by atoms with Crippen LogP contribution in [0.5, 0.6) is 17.2 Å². The zero-order chi connectivity index (χ0) is 25.6. The molecule has 5 nitrogen and oxygen atoms in total. The average molecular weight is 493 g/mol. The van der Waals surface area contributed by atoms with E-state index in [4.69, 9.17) is 18.9 Å². The molecule has 0 radical (unpaired) electrons. The summed E-state index contributed by atoms with van der Waals surface area (Å²) in [6.45, 7) is 0.904. The number of methoxy groups -OCH3 is 2. The highest BCUT2D eigenvalue weighted by Crippen LogP contribution is 2.46. The first kappa shape index (κ1) is 24.3. The summed E-state index contributed by atoms with van der Waals surface area (Å²) < 4.78 is 22.9. The summed E-state index contributed by atoms with van der Waals surface area (Å²) in [4.78, 5) is 10.2. The highest BCUT2D eigenvalue weighted by atomic mass is 16.6. The molecule has 1 aliphatic rings. The van der Waals surface area contributed by atoms with Crippen molar-refractivity contribution in [1.82, 2.24) is 0 Å². The summed E-state index contributed by atoms with van der Waals surface area (Å²) in [5.74, 6) is 2.49. The Morgan fingerprint density at radius 1 is 0.676 bits per heavy atom. The Bertz CT molecular complexity index is 1440. The van der Waals surface area contributed by atoms with E-state index < -0.39 is 0 Å². The first-order valence-electron chi connectivity index (χ1n) is 12.1. The predicted molar refractivity (Wildman–Crippen MR) is 147 cm³/mol. The Morgan fingerprint density at radius 2 is 1.19 bits per heavy atom. The molecule has 0 saturated carbocycles. The molecule has 0 atom stereocenters. The normalized spacial score (nSPS) is 12.9. The fourth-order valence-electron chi connectivity index (χ4n) is 4.49. The number of hydrogen-bond donors (Lipinski definition) is 0. The summed E-state index contributed by atoms with van der Waals surface area (Å²) in [7, 11) is 3.29. The molecular formula is C32H28O5. The van der Waals surface area contributed by atoms with Crippen LogP contribution in [0.3, 0.4) is 0 Å². The molecule has 0 spiro atoms. The second-order valence-electron chi connectivity index (χ2n) is 8.69. The van der Waals surface area contributed by atoms with Crippen molar-refractivity contribution < 1.29 is 23.7 Å². The average Bonchev–Trinajstić information content (AvgIpc) is 3.05. The largest absolute Gasteiger partial charge is 0.497 e. The standard InChI is InChI=1S/C24H20O3.C8H8O2/c1-25-18-14-26-21-12-10-16-6-2-4-8-19(16)23(21)24-20-9-5-3-7-17(20)11-13-22(24)27-15-18;1-10-8-4-2-7(6-9)3-5-8/h2-13,18H,14-15H2,1H3;2-6H,1H3. The van der Waals surface area contributed by atoms with Crippen molar-refractivity contribution >= 4 is 27.8 Å². The van der Waals surface area contributed by atoms with Crippen molar-refractivity contribution in [1.29, 1.82) is 0 Å². The molecule has 0 bridgehead atoms. The number of carbonyl (C=O) groups excluding carboxylic acids is 1. The molecule has 0 amide bonds. The maximum atomic E-state index is 10.2. The molecule has 6 rings (SSSR count). The van der Waals surface area contributed by atoms with Gasteiger partial charge in [0.1, 0.15) is 42.9 Å². The molecule has 0 saturated heterocycles. The molecule has 0 fully saturated rings. The van der Waals surface area contributed by atoms with Gasteiger partial charge in [0.05, 0.1) is 7.11 Å². The number of rotatable bonds is 3. The molecule has 1 aliphatic heterocycles. The smallest absolute Gasteiger partial charge is 0.150 e. The number of benzene rings is 5. The third kappa shape index (κ3) is 5.13. The van der Waals surface area contributed by atoms with Crippen molar-refractivity contribution in [2.75, 3.05) is 27.4 Å². The molecule has 37 heavy (non-hydrogen) atoms. The van der Waals surface area contributed by atoms with Crippen LogP contribution in [0.2, 0.25) is 0 Å². The van der Waals surface area contributed by atoms with Gasteiger partial charge in [0.2, 0.25) is 0 Å². The van der Waals surface area contributed by atoms with E-state index >= 15 is 0 Å². The Labute approximate surface area is 216 Å². The minimum Gasteiger partial charge on any atom is -0.497 e. The van der Waals surface area contributed by atoms with Gasteiger partial charge >= 0.3 is 0 Å². The van der Waals surface area contributed by atoms with Crippen LogP contribution in [0.1, 0.15) is 10.4 Å². The summed E-state index contributed by atoms with van der Waals surface area (Å²) >= 11 is 0. The van der Waals surface area contributed by atoms with Gasteiger partial charge in [-0.05, 0) is 57.9 Å². The fourth-order valence-corrected chi connectivity index (χ4v) is 4.49. The van der Waals surface area contributed by atoms with Gasteiger partial charge in [-0.15, -0.1) is 0 Å². The molecule has 5 aromatic carbocycles. The maximum absolute atomic E-state index is 10.2. The van der Waals surface area contributed by atoms with Crippen LogP contribution in [0.15, 0.2) is 97.1 Å². The first-order valence-corrected chi connectivity index (χ1v) is 12.1. The van der Waals surface area contributed by atoms with Crippen molar-refractivity contribution in [2.45, 2.75) is 6.10 Å². The van der Waals surface area contributed by atoms with Gasteiger partial charge in [0, 0.05) is 23.8 Å². The SMILES string of the molecule is COC1COc2ccc3ccccc3c2-c2c(ccc3ccccc23)OC1.COc1ccc(C=O)cc1. The lowest BCUT2D eigenvalue weighted by Gasteiger charge is -2.17. The van der Waals surface area contributed by atoms with Crippen LogP contribution in [-0.4, -0.2) is 39.8 Å². The van der Waals surface area contributed by atoms with Crippen molar-refractivity contribution in [3.8, 4) is 28.4 Å². The molecule has 5 heteroatoms. The van der Waals surface area contributed by atoms with E-state index in [2.05, 4.69) is 72.8 Å². The van der Waals surface area contributed by atoms with Gasteiger partial charge in [0.15, 0.2) is 0 Å². The van der Waals surface area contributed by atoms with E-state index in [1.165, 1.54) is 10.8 Å². The van der Waals surface area contributed by atoms with Crippen molar-refractivity contribution in [3.63, 3.8) is 0 Å². The van der Waals surface area contributed by atoms with Crippen molar-refractivity contribution in [2.24, 2.45) is 0 Å². The Hall–Kier alpha value is -4.35. The number of fused-ring (bicyclic) bond motifs is 7. The van der Waals surface area contributed by atoms with Crippen LogP contribution in [-0.2, 0) is 4.74 Å². The number of carbonyl (C=O) groups is 1. The van der Waals surface area contributed by atoms with E-state index in [0.29, 0.717) is 18.8 Å². The van der Waals surface area contributed by atoms with Gasteiger partial charge in [-0.25, -0.2) is 0 Å². The van der Waals surface area contributed by atoms with Crippen LogP contribution in [0.4, 0.5) is 0 Å². The van der Waals surface area contributed by atoms with Gasteiger partial charge < -0.3 is 18.9 Å². The summed E-state index contributed by atoms with van der Waals surface area (Å²) in [5, 5.41) is 4.68. The molecular weight excluding hydrogens is 464 g/mol. The minimum atomic E-state index is -0.123. The van der Waals surface area contributed by atoms with E-state index in [9.17, 15) is 4.79 Å². The number of hydrogen-bond acceptors (Lipinski definition) is 5. The summed E-state index contributed by atoms with van der Waals surface area (Å²) in [6.07, 6.45) is 0.682. The van der Waals surface area contributed by atoms with Crippen LogP contribution in [0.25, 0.3) is 32.7 Å². The third-order valence-electron chi connectivity index (χ3n) is 6.47. The van der Waals surface area contributed by atoms with Gasteiger partial charge in [-0.2, -0.15) is 0 Å². The Morgan fingerprint density at radius 3 is 1.65 bits per heavy atom. The number of aldehydes is 1. The highest BCUT2D eigenvalue weighted by Gasteiger charge is 2.22. The lowest BCUT2D eigenvalue weighted by Crippen LogP contribution is -2.27. The third-order valence-corrected chi connectivity index (χ3v) is 6.47. The second kappa shape index (κ2) is 11.1. The zero-order valence-electron chi connectivity index (χ0n) is 20.8. The molecule has 0 aromatic heterocycles. The van der Waals surface area contributed by atoms with Gasteiger partial charge in [0.25, 0.3) is 0 Å². The summed E-state index contributed by atoms with van der Waals surface area (Å²) in [5.41, 5.74) is 2.83. The molecule has 5 aromatic rings. The monoisotopic (exact) mass is 492 g/mol. The Balaban J connectivity index is 0.000000237. The topological polar surface area (TPSA) is 54.0 Å². The van der Waals surface area contributed by atoms with Crippen molar-refractivity contribution in [3.05, 3.63) is 103 Å². The van der Waals surface area contributed by atoms with Crippen LogP contribution >= 0.6 is 0 Å². The molecule has 0 aliphatic carbocycles. The first-order chi connectivity index (χ1) is 18.2. The van der Waals surface area contributed by atoms with Gasteiger partial charge in [-0.3, -0.25) is 4.79 Å². The lowest BCUT2D eigenvalue weighted by molar-refractivity contribution is 0.0250. The van der Waals surface area contributed by atoms with E-state index in [0.717, 1.165) is 45.4 Å². The predicted octanol–water partition coefficient (Wildman–Crippen LogP) is 6.95. The Kier molecular flexibility index (Phi) is 7.33. The summed E-state index contributed by atoms with van der Waals surface area (Å²) in [6, 6.07) is 32.1. The highest BCUT2D eigenvalue weighted by molar-refractivity contribution is 6.09. The fraction of sp³-hybridized carbons (Fsp3) is 0.156. The van der Waals surface area contributed by atoms with E-state index in [-0.39, 0.29) is 6.10 Å².